The van der Waals surface area contributed by atoms with E-state index in [1.807, 2.05) is 60.8 Å². The van der Waals surface area contributed by atoms with Crippen LogP contribution in [-0.4, -0.2) is 52.6 Å². The number of nitrogens with zero attached hydrogens (tertiary/aromatic N) is 2. The van der Waals surface area contributed by atoms with Gasteiger partial charge in [0.15, 0.2) is 5.78 Å². The zero-order chi connectivity index (χ0) is 23.0. The number of H-pyrrole nitrogens is 1. The van der Waals surface area contributed by atoms with Crippen molar-refractivity contribution in [1.29, 1.82) is 0 Å². The summed E-state index contributed by atoms with van der Waals surface area (Å²) in [7, 11) is 0. The van der Waals surface area contributed by atoms with Gasteiger partial charge in [-0.1, -0.05) is 42.5 Å². The predicted molar refractivity (Wildman–Crippen MR) is 130 cm³/mol. The highest BCUT2D eigenvalue weighted by Gasteiger charge is 2.58. The van der Waals surface area contributed by atoms with Gasteiger partial charge in [-0.15, -0.1) is 0 Å². The van der Waals surface area contributed by atoms with Crippen molar-refractivity contribution in [3.63, 3.8) is 0 Å². The Morgan fingerprint density at radius 3 is 2.53 bits per heavy atom. The van der Waals surface area contributed by atoms with Crippen molar-refractivity contribution in [2.24, 2.45) is 0 Å². The first kappa shape index (κ1) is 21.1. The minimum absolute atomic E-state index is 0.0891. The van der Waals surface area contributed by atoms with Crippen LogP contribution in [0.25, 0.3) is 10.9 Å². The third-order valence-corrected chi connectivity index (χ3v) is 7.07. The summed E-state index contributed by atoms with van der Waals surface area (Å²) in [6.45, 7) is 2.08. The minimum atomic E-state index is -0.858. The Bertz CT molecular complexity index is 1280. The number of Topliss-reactive ketones (excluding diaryl/α,β-unsaturated/α-hetero) is 1. The molecule has 2 aliphatic rings. The highest BCUT2D eigenvalue weighted by Crippen LogP contribution is 2.44. The normalized spacial score (nSPS) is 20.6. The van der Waals surface area contributed by atoms with Crippen LogP contribution in [0.15, 0.2) is 85.3 Å². The van der Waals surface area contributed by atoms with Crippen molar-refractivity contribution < 1.29 is 14.3 Å². The summed E-state index contributed by atoms with van der Waals surface area (Å²) >= 11 is 0. The lowest BCUT2D eigenvalue weighted by atomic mass is 9.77. The molecular formula is C28H27N3O3. The van der Waals surface area contributed by atoms with Crippen molar-refractivity contribution in [2.45, 2.75) is 30.6 Å². The molecule has 4 heterocycles. The van der Waals surface area contributed by atoms with Gasteiger partial charge in [-0.2, -0.15) is 0 Å². The maximum Gasteiger partial charge on any atom is 0.190 e. The Morgan fingerprint density at radius 1 is 1.03 bits per heavy atom. The molecule has 2 fully saturated rings. The Labute approximate surface area is 198 Å². The van der Waals surface area contributed by atoms with Crippen molar-refractivity contribution in [2.75, 3.05) is 19.7 Å². The van der Waals surface area contributed by atoms with Crippen LogP contribution in [-0.2, 0) is 10.3 Å². The maximum absolute atomic E-state index is 14.4. The Morgan fingerprint density at radius 2 is 1.79 bits per heavy atom. The zero-order valence-electron chi connectivity index (χ0n) is 18.9. The average molecular weight is 454 g/mol. The average Bonchev–Trinajstić information content (AvgIpc) is 3.63. The fraction of sp³-hybridized carbons (Fsp3) is 0.286. The second kappa shape index (κ2) is 8.70. The van der Waals surface area contributed by atoms with Crippen LogP contribution in [0, 0.1) is 0 Å². The number of ether oxygens (including phenoxy) is 2. The number of hydrogen-bond acceptors (Lipinski definition) is 5. The van der Waals surface area contributed by atoms with Gasteiger partial charge in [-0.3, -0.25) is 14.7 Å². The largest absolute Gasteiger partial charge is 0.490 e. The van der Waals surface area contributed by atoms with Crippen molar-refractivity contribution in [1.82, 2.24) is 14.9 Å². The number of pyridine rings is 1. The van der Waals surface area contributed by atoms with Gasteiger partial charge in [-0.05, 0) is 48.1 Å². The number of fused-ring (bicyclic) bond motifs is 1. The molecule has 0 saturated carbocycles. The first-order valence-electron chi connectivity index (χ1n) is 11.9. The lowest BCUT2D eigenvalue weighted by Gasteiger charge is -2.45. The first-order chi connectivity index (χ1) is 16.7. The summed E-state index contributed by atoms with van der Waals surface area (Å²) in [5.74, 6) is 0.926. The van der Waals surface area contributed by atoms with Gasteiger partial charge in [-0.25, -0.2) is 0 Å². The molecule has 4 aromatic rings. The lowest BCUT2D eigenvalue weighted by molar-refractivity contribution is 0.00920. The molecule has 0 spiro atoms. The standard InChI is InChI=1S/C28H27N3O3/c32-27(21-7-6-20-8-15-30-25(20)18-21)28(26-19-33-26,22-4-2-1-3-5-22)31-16-11-24(12-17-31)34-23-9-13-29-14-10-23/h1-10,13-15,18,24,26,30H,11-12,16-17,19H2. The molecule has 2 unspecified atom stereocenters. The molecule has 0 aliphatic carbocycles. The van der Waals surface area contributed by atoms with Gasteiger partial charge >= 0.3 is 0 Å². The molecule has 2 atom stereocenters. The van der Waals surface area contributed by atoms with Crippen LogP contribution in [0.5, 0.6) is 5.75 Å². The minimum Gasteiger partial charge on any atom is -0.490 e. The number of rotatable bonds is 7. The highest BCUT2D eigenvalue weighted by atomic mass is 16.6. The van der Waals surface area contributed by atoms with E-state index in [1.165, 1.54) is 0 Å². The number of piperidine rings is 1. The van der Waals surface area contributed by atoms with E-state index in [1.54, 1.807) is 12.4 Å². The SMILES string of the molecule is O=C(c1ccc2cc[nH]c2c1)C(c1ccccc1)(C1CO1)N1CCC(Oc2ccncc2)CC1. The van der Waals surface area contributed by atoms with Gasteiger partial charge in [0, 0.05) is 42.8 Å². The smallest absolute Gasteiger partial charge is 0.190 e. The fourth-order valence-electron chi connectivity index (χ4n) is 5.32. The molecule has 6 nitrogen and oxygen atoms in total. The Balaban J connectivity index is 1.34. The molecule has 6 heteroatoms. The molecule has 172 valence electrons. The van der Waals surface area contributed by atoms with E-state index in [-0.39, 0.29) is 18.0 Å². The first-order valence-corrected chi connectivity index (χ1v) is 11.9. The summed E-state index contributed by atoms with van der Waals surface area (Å²) in [5, 5.41) is 1.10. The predicted octanol–water partition coefficient (Wildman–Crippen LogP) is 4.58. The van der Waals surface area contributed by atoms with Gasteiger partial charge in [0.05, 0.1) is 6.61 Å². The van der Waals surface area contributed by atoms with Gasteiger partial charge in [0.2, 0.25) is 0 Å². The summed E-state index contributed by atoms with van der Waals surface area (Å²) in [5.41, 5.74) is 1.80. The van der Waals surface area contributed by atoms with Crippen LogP contribution < -0.4 is 4.74 Å². The molecule has 34 heavy (non-hydrogen) atoms. The summed E-state index contributed by atoms with van der Waals surface area (Å²) < 4.78 is 12.1. The molecule has 6 rings (SSSR count). The van der Waals surface area contributed by atoms with Crippen LogP contribution in [0.1, 0.15) is 28.8 Å². The number of aromatic nitrogens is 2. The van der Waals surface area contributed by atoms with Gasteiger partial charge in [0.25, 0.3) is 0 Å². The number of carbonyl (C=O) groups is 1. The fourth-order valence-corrected chi connectivity index (χ4v) is 5.32. The van der Waals surface area contributed by atoms with E-state index in [9.17, 15) is 4.79 Å². The molecule has 2 aromatic carbocycles. The van der Waals surface area contributed by atoms with Crippen LogP contribution >= 0.6 is 0 Å². The molecule has 2 aliphatic heterocycles. The molecule has 0 radical (unpaired) electrons. The third kappa shape index (κ3) is 3.69. The number of hydrogen-bond donors (Lipinski definition) is 1. The number of carbonyl (C=O) groups excluding carboxylic acids is 1. The molecule has 2 aromatic heterocycles. The van der Waals surface area contributed by atoms with E-state index >= 15 is 0 Å². The second-order valence-electron chi connectivity index (χ2n) is 9.05. The molecule has 0 bridgehead atoms. The van der Waals surface area contributed by atoms with Crippen molar-refractivity contribution >= 4 is 16.7 Å². The summed E-state index contributed by atoms with van der Waals surface area (Å²) in [4.78, 5) is 24.0. The number of aromatic amines is 1. The number of benzene rings is 2. The number of likely N-dealkylation sites (tertiary alicyclic amines) is 1. The number of ketones is 1. The molecule has 0 amide bonds. The lowest BCUT2D eigenvalue weighted by Crippen LogP contribution is -2.59. The molecular weight excluding hydrogens is 426 g/mol. The topological polar surface area (TPSA) is 70.8 Å². The van der Waals surface area contributed by atoms with E-state index in [0.29, 0.717) is 12.2 Å². The molecule has 2 saturated heterocycles. The van der Waals surface area contributed by atoms with Crippen LogP contribution in [0.3, 0.4) is 0 Å². The van der Waals surface area contributed by atoms with Crippen LogP contribution in [0.2, 0.25) is 0 Å². The van der Waals surface area contributed by atoms with Crippen molar-refractivity contribution in [3.05, 3.63) is 96.4 Å². The quantitative estimate of drug-likeness (QED) is 0.328. The van der Waals surface area contributed by atoms with Crippen LogP contribution in [0.4, 0.5) is 0 Å². The van der Waals surface area contributed by atoms with Gasteiger partial charge in [0.1, 0.15) is 23.5 Å². The second-order valence-corrected chi connectivity index (χ2v) is 9.05. The summed E-state index contributed by atoms with van der Waals surface area (Å²) in [6.07, 6.45) is 7.02. The van der Waals surface area contributed by atoms with Crippen molar-refractivity contribution in [3.8, 4) is 5.75 Å². The maximum atomic E-state index is 14.4. The summed E-state index contributed by atoms with van der Waals surface area (Å²) in [6, 6.07) is 21.8. The highest BCUT2D eigenvalue weighted by molar-refractivity contribution is 6.06. The monoisotopic (exact) mass is 453 g/mol. The number of nitrogens with one attached hydrogen (secondary N) is 1. The molecule has 1 N–H and O–H groups in total. The number of epoxide rings is 1. The van der Waals surface area contributed by atoms with E-state index < -0.39 is 5.54 Å². The van der Waals surface area contributed by atoms with E-state index in [0.717, 1.165) is 48.1 Å². The Hall–Kier alpha value is -3.48. The zero-order valence-corrected chi connectivity index (χ0v) is 18.9. The van der Waals surface area contributed by atoms with Gasteiger partial charge < -0.3 is 14.5 Å². The van der Waals surface area contributed by atoms with E-state index in [4.69, 9.17) is 9.47 Å². The van der Waals surface area contributed by atoms with E-state index in [2.05, 4.69) is 27.0 Å². The Kier molecular flexibility index (Phi) is 5.40. The third-order valence-electron chi connectivity index (χ3n) is 7.07.